The summed E-state index contributed by atoms with van der Waals surface area (Å²) in [6.45, 7) is 5.88. The van der Waals surface area contributed by atoms with E-state index in [0.29, 0.717) is 0 Å². The lowest BCUT2D eigenvalue weighted by molar-refractivity contribution is 0.0928. The van der Waals surface area contributed by atoms with Crippen LogP contribution in [0.5, 0.6) is 0 Å². The van der Waals surface area contributed by atoms with Gasteiger partial charge in [-0.3, -0.25) is 4.79 Å². The van der Waals surface area contributed by atoms with Gasteiger partial charge in [0.2, 0.25) is 10.0 Å². The summed E-state index contributed by atoms with van der Waals surface area (Å²) in [6.07, 6.45) is 0.896. The highest BCUT2D eigenvalue weighted by Gasteiger charge is 2.21. The van der Waals surface area contributed by atoms with Crippen molar-refractivity contribution in [1.29, 1.82) is 0 Å². The first-order chi connectivity index (χ1) is 9.57. The van der Waals surface area contributed by atoms with E-state index in [-0.39, 0.29) is 32.5 Å². The maximum atomic E-state index is 12.2. The summed E-state index contributed by atoms with van der Waals surface area (Å²) in [5, 5.41) is 7.79. The van der Waals surface area contributed by atoms with Gasteiger partial charge in [-0.25, -0.2) is 13.6 Å². The number of primary sulfonamides is 1. The summed E-state index contributed by atoms with van der Waals surface area (Å²) < 4.78 is 22.8. The molecule has 0 saturated heterocycles. The summed E-state index contributed by atoms with van der Waals surface area (Å²) in [4.78, 5) is 12.0. The Morgan fingerprint density at radius 3 is 2.38 bits per heavy atom. The molecule has 0 heterocycles. The van der Waals surface area contributed by atoms with Crippen LogP contribution in [0.2, 0.25) is 10.0 Å². The Morgan fingerprint density at radius 1 is 1.33 bits per heavy atom. The number of rotatable bonds is 5. The molecule has 0 radical (unpaired) electrons. The summed E-state index contributed by atoms with van der Waals surface area (Å²) in [5.41, 5.74) is -0.0108. The molecular weight excluding hydrogens is 335 g/mol. The third kappa shape index (κ3) is 4.57. The van der Waals surface area contributed by atoms with E-state index < -0.39 is 15.9 Å². The van der Waals surface area contributed by atoms with Gasteiger partial charge in [0, 0.05) is 6.04 Å². The topological polar surface area (TPSA) is 89.3 Å². The summed E-state index contributed by atoms with van der Waals surface area (Å²) in [7, 11) is -3.97. The van der Waals surface area contributed by atoms with E-state index >= 15 is 0 Å². The summed E-state index contributed by atoms with van der Waals surface area (Å²) in [5.74, 6) is -0.218. The fourth-order valence-electron chi connectivity index (χ4n) is 1.67. The molecule has 8 heteroatoms. The van der Waals surface area contributed by atoms with Crippen molar-refractivity contribution in [2.24, 2.45) is 11.1 Å². The van der Waals surface area contributed by atoms with Gasteiger partial charge in [-0.15, -0.1) is 0 Å². The average molecular weight is 353 g/mol. The quantitative estimate of drug-likeness (QED) is 0.853. The van der Waals surface area contributed by atoms with Crippen LogP contribution in [-0.2, 0) is 10.0 Å². The van der Waals surface area contributed by atoms with Gasteiger partial charge in [0.15, 0.2) is 0 Å². The predicted molar refractivity (Wildman–Crippen MR) is 84.2 cm³/mol. The highest BCUT2D eigenvalue weighted by molar-refractivity contribution is 7.89. The fourth-order valence-corrected chi connectivity index (χ4v) is 2.72. The summed E-state index contributed by atoms with van der Waals surface area (Å²) >= 11 is 11.8. The number of hydrogen-bond acceptors (Lipinski definition) is 3. The number of hydrogen-bond donors (Lipinski definition) is 2. The number of carbonyl (C=O) groups excluding carboxylic acids is 1. The van der Waals surface area contributed by atoms with E-state index in [1.54, 1.807) is 0 Å². The smallest absolute Gasteiger partial charge is 0.253 e. The molecule has 0 spiro atoms. The molecule has 2 unspecified atom stereocenters. The minimum atomic E-state index is -3.97. The Balaban J connectivity index is 3.18. The van der Waals surface area contributed by atoms with Crippen molar-refractivity contribution >= 4 is 39.1 Å². The van der Waals surface area contributed by atoms with E-state index in [1.165, 1.54) is 0 Å². The number of halogens is 2. The predicted octanol–water partition coefficient (Wildman–Crippen LogP) is 2.81. The van der Waals surface area contributed by atoms with Gasteiger partial charge < -0.3 is 5.32 Å². The first-order valence-corrected chi connectivity index (χ1v) is 8.70. The second-order valence-electron chi connectivity index (χ2n) is 4.96. The van der Waals surface area contributed by atoms with Crippen LogP contribution in [0.25, 0.3) is 0 Å². The molecule has 118 valence electrons. The van der Waals surface area contributed by atoms with Crippen LogP contribution in [-0.4, -0.2) is 20.4 Å². The molecule has 0 aromatic heterocycles. The van der Waals surface area contributed by atoms with Gasteiger partial charge in [0.1, 0.15) is 0 Å². The molecule has 3 N–H and O–H groups in total. The van der Waals surface area contributed by atoms with Gasteiger partial charge >= 0.3 is 0 Å². The Hall–Kier alpha value is -0.820. The maximum absolute atomic E-state index is 12.2. The number of sulfonamides is 1. The number of carbonyl (C=O) groups is 1. The molecule has 0 aliphatic rings. The van der Waals surface area contributed by atoms with Crippen molar-refractivity contribution in [1.82, 2.24) is 5.32 Å². The van der Waals surface area contributed by atoms with Crippen LogP contribution >= 0.6 is 23.2 Å². The van der Waals surface area contributed by atoms with Crippen LogP contribution in [0.15, 0.2) is 17.0 Å². The molecule has 2 atom stereocenters. The Kier molecular flexibility index (Phi) is 6.04. The van der Waals surface area contributed by atoms with Gasteiger partial charge in [-0.2, -0.15) is 0 Å². The van der Waals surface area contributed by atoms with Crippen molar-refractivity contribution in [3.63, 3.8) is 0 Å². The van der Waals surface area contributed by atoms with Gasteiger partial charge in [-0.05, 0) is 25.0 Å². The van der Waals surface area contributed by atoms with E-state index in [4.69, 9.17) is 28.3 Å². The number of benzene rings is 1. The normalized spacial score (nSPS) is 14.6. The second-order valence-corrected chi connectivity index (χ2v) is 7.31. The Bertz CT molecular complexity index is 647. The monoisotopic (exact) mass is 352 g/mol. The molecule has 1 rings (SSSR count). The van der Waals surface area contributed by atoms with Crippen molar-refractivity contribution in [3.8, 4) is 0 Å². The van der Waals surface area contributed by atoms with Crippen LogP contribution in [0.4, 0.5) is 0 Å². The minimum absolute atomic E-state index is 0.00193. The minimum Gasteiger partial charge on any atom is -0.349 e. The standard InChI is InChI=1S/C13H18Cl2N2O3S/c1-4-7(2)8(3)17-13(18)10-5-9(21(16,19)20)6-11(14)12(10)15/h5-8H,4H2,1-3H3,(H,17,18)(H2,16,19,20). The molecule has 1 aromatic rings. The van der Waals surface area contributed by atoms with Gasteiger partial charge in [-0.1, -0.05) is 43.5 Å². The fraction of sp³-hybridized carbons (Fsp3) is 0.462. The van der Waals surface area contributed by atoms with Crippen molar-refractivity contribution in [2.45, 2.75) is 38.1 Å². The second kappa shape index (κ2) is 6.96. The van der Waals surface area contributed by atoms with Crippen LogP contribution < -0.4 is 10.5 Å². The maximum Gasteiger partial charge on any atom is 0.253 e. The van der Waals surface area contributed by atoms with Gasteiger partial charge in [0.05, 0.1) is 20.5 Å². The first-order valence-electron chi connectivity index (χ1n) is 6.40. The highest BCUT2D eigenvalue weighted by atomic mass is 35.5. The lowest BCUT2D eigenvalue weighted by Gasteiger charge is -2.20. The van der Waals surface area contributed by atoms with Crippen LogP contribution in [0.1, 0.15) is 37.6 Å². The van der Waals surface area contributed by atoms with E-state index in [9.17, 15) is 13.2 Å². The SMILES string of the molecule is CCC(C)C(C)NC(=O)c1cc(S(N)(=O)=O)cc(Cl)c1Cl. The molecule has 1 amide bonds. The Morgan fingerprint density at radius 2 is 1.90 bits per heavy atom. The first kappa shape index (κ1) is 18.2. The number of amides is 1. The molecule has 0 aliphatic carbocycles. The zero-order valence-corrected chi connectivity index (χ0v) is 14.3. The molecule has 0 aliphatic heterocycles. The lowest BCUT2D eigenvalue weighted by atomic mass is 10.0. The summed E-state index contributed by atoms with van der Waals surface area (Å²) in [6, 6.07) is 2.16. The molecular formula is C13H18Cl2N2O3S. The number of nitrogens with one attached hydrogen (secondary N) is 1. The molecule has 0 saturated carbocycles. The number of nitrogens with two attached hydrogens (primary N) is 1. The van der Waals surface area contributed by atoms with Crippen LogP contribution in [0, 0.1) is 5.92 Å². The molecule has 1 aromatic carbocycles. The van der Waals surface area contributed by atoms with E-state index in [2.05, 4.69) is 5.32 Å². The Labute approximate surface area is 134 Å². The molecule has 21 heavy (non-hydrogen) atoms. The van der Waals surface area contributed by atoms with Crippen LogP contribution in [0.3, 0.4) is 0 Å². The van der Waals surface area contributed by atoms with Gasteiger partial charge in [0.25, 0.3) is 5.91 Å². The zero-order valence-electron chi connectivity index (χ0n) is 12.0. The highest BCUT2D eigenvalue weighted by Crippen LogP contribution is 2.29. The largest absolute Gasteiger partial charge is 0.349 e. The zero-order chi connectivity index (χ0) is 16.4. The van der Waals surface area contributed by atoms with E-state index in [0.717, 1.165) is 18.6 Å². The average Bonchev–Trinajstić information content (AvgIpc) is 2.39. The third-order valence-electron chi connectivity index (χ3n) is 3.43. The van der Waals surface area contributed by atoms with Crippen molar-refractivity contribution in [2.75, 3.05) is 0 Å². The van der Waals surface area contributed by atoms with Crippen molar-refractivity contribution in [3.05, 3.63) is 27.7 Å². The van der Waals surface area contributed by atoms with E-state index in [1.807, 2.05) is 20.8 Å². The molecule has 0 bridgehead atoms. The third-order valence-corrected chi connectivity index (χ3v) is 5.13. The molecule has 0 fully saturated rings. The molecule has 5 nitrogen and oxygen atoms in total. The van der Waals surface area contributed by atoms with Crippen molar-refractivity contribution < 1.29 is 13.2 Å². The lowest BCUT2D eigenvalue weighted by Crippen LogP contribution is -2.37.